The molecular weight excluding hydrogens is 907 g/mol. The fraction of sp³-hybridized carbons (Fsp3) is 0. The van der Waals surface area contributed by atoms with Gasteiger partial charge in [0.25, 0.3) is 0 Å². The number of nitrogens with zero attached hydrogens (tertiary/aromatic N) is 7. The average molecular weight is 935 g/mol. The van der Waals surface area contributed by atoms with Gasteiger partial charge in [-0.25, -0.2) is 4.98 Å². The van der Waals surface area contributed by atoms with E-state index < -0.39 is 0 Å². The number of thiophene rings is 2. The van der Waals surface area contributed by atoms with E-state index in [0.717, 1.165) is 87.2 Å². The molecule has 0 amide bonds. The molecule has 11 heteroatoms. The molecule has 0 fully saturated rings. The molecule has 0 bridgehead atoms. The monoisotopic (exact) mass is 936 g/mol. The van der Waals surface area contributed by atoms with E-state index in [-0.39, 0.29) is 19.8 Å². The van der Waals surface area contributed by atoms with Gasteiger partial charge in [0, 0.05) is 99.0 Å². The van der Waals surface area contributed by atoms with E-state index in [2.05, 4.69) is 125 Å². The number of aromatic amines is 1. The number of aromatic nitrogens is 8. The van der Waals surface area contributed by atoms with Crippen LogP contribution in [0.2, 0.25) is 0 Å². The molecule has 3 aromatic carbocycles. The Bertz CT molecular complexity index is 3010. The van der Waals surface area contributed by atoms with Gasteiger partial charge in [-0.05, 0) is 72.1 Å². The maximum atomic E-state index is 4.95. The molecule has 0 saturated heterocycles. The van der Waals surface area contributed by atoms with E-state index in [4.69, 9.17) is 4.98 Å². The van der Waals surface area contributed by atoms with Gasteiger partial charge < -0.3 is 4.98 Å². The molecule has 0 unspecified atom stereocenters. The summed E-state index contributed by atoms with van der Waals surface area (Å²) in [7, 11) is 0. The van der Waals surface area contributed by atoms with Gasteiger partial charge in [0.1, 0.15) is 5.82 Å². The second-order valence-electron chi connectivity index (χ2n) is 12.7. The minimum atomic E-state index is 0. The second-order valence-corrected chi connectivity index (χ2v) is 14.7. The molecule has 9 heterocycles. The molecule has 0 spiro atoms. The number of hydrogen-bond donors (Lipinski definition) is 1. The van der Waals surface area contributed by atoms with Crippen molar-refractivity contribution in [3.63, 3.8) is 0 Å². The molecule has 0 aliphatic rings. The number of fused-ring (bicyclic) bond motifs is 12. The molecule has 0 atom stereocenters. The Kier molecular flexibility index (Phi) is 9.72. The Morgan fingerprint density at radius 1 is 0.375 bits per heavy atom. The summed E-state index contributed by atoms with van der Waals surface area (Å²) in [6.07, 6.45) is 10.8. The fourth-order valence-corrected chi connectivity index (χ4v) is 8.62. The predicted molar refractivity (Wildman–Crippen MR) is 227 cm³/mol. The number of nitrogens with one attached hydrogen (secondary N) is 1. The molecule has 56 heavy (non-hydrogen) atoms. The van der Waals surface area contributed by atoms with Crippen molar-refractivity contribution in [1.82, 2.24) is 39.9 Å². The number of hydrogen-bond acceptors (Lipinski definition) is 9. The summed E-state index contributed by atoms with van der Waals surface area (Å²) in [4.78, 5) is 38.7. The topological polar surface area (TPSA) is 106 Å². The zero-order chi connectivity index (χ0) is 36.6. The molecular formula is C45H28N8OsS2. The molecule has 0 aliphatic carbocycles. The zero-order valence-corrected chi connectivity index (χ0v) is 33.6. The molecule has 0 radical (unpaired) electrons. The molecule has 12 aromatic rings. The first-order valence-corrected chi connectivity index (χ1v) is 19.3. The van der Waals surface area contributed by atoms with Crippen molar-refractivity contribution < 1.29 is 19.8 Å². The third kappa shape index (κ3) is 6.56. The maximum Gasteiger partial charge on any atom is 0.148 e. The van der Waals surface area contributed by atoms with Crippen LogP contribution >= 0.6 is 22.7 Å². The molecule has 1 N–H and O–H groups in total. The van der Waals surface area contributed by atoms with E-state index >= 15 is 0 Å². The summed E-state index contributed by atoms with van der Waals surface area (Å²) in [5.74, 6) is 0.888. The second kappa shape index (κ2) is 15.4. The number of rotatable bonds is 2. The van der Waals surface area contributed by atoms with Crippen LogP contribution in [-0.4, -0.2) is 39.9 Å². The van der Waals surface area contributed by atoms with Crippen LogP contribution in [0.4, 0.5) is 0 Å². The van der Waals surface area contributed by atoms with E-state index in [9.17, 15) is 0 Å². The predicted octanol–water partition coefficient (Wildman–Crippen LogP) is 11.7. The molecule has 268 valence electrons. The van der Waals surface area contributed by atoms with Gasteiger partial charge in [-0.2, -0.15) is 0 Å². The first kappa shape index (κ1) is 35.3. The van der Waals surface area contributed by atoms with E-state index in [1.165, 1.54) is 9.75 Å². The fourth-order valence-electron chi connectivity index (χ4n) is 6.84. The Morgan fingerprint density at radius 2 is 0.821 bits per heavy atom. The minimum Gasteiger partial charge on any atom is -0.337 e. The van der Waals surface area contributed by atoms with Gasteiger partial charge >= 0.3 is 0 Å². The first-order chi connectivity index (χ1) is 27.3. The van der Waals surface area contributed by atoms with Crippen LogP contribution < -0.4 is 0 Å². The Morgan fingerprint density at radius 3 is 1.32 bits per heavy atom. The minimum absolute atomic E-state index is 0. The quantitative estimate of drug-likeness (QED) is 0.172. The largest absolute Gasteiger partial charge is 0.337 e. The van der Waals surface area contributed by atoms with Gasteiger partial charge in [0.15, 0.2) is 0 Å². The van der Waals surface area contributed by atoms with E-state index in [1.54, 1.807) is 47.5 Å². The van der Waals surface area contributed by atoms with Crippen LogP contribution in [0.3, 0.4) is 0 Å². The van der Waals surface area contributed by atoms with Crippen LogP contribution in [0.15, 0.2) is 164 Å². The molecule has 9 aromatic heterocycles. The Balaban J connectivity index is 0.000000119. The third-order valence-electron chi connectivity index (χ3n) is 9.36. The van der Waals surface area contributed by atoms with Crippen LogP contribution in [-0.2, 0) is 19.8 Å². The van der Waals surface area contributed by atoms with Crippen LogP contribution in [0, 0.1) is 0 Å². The Labute approximate surface area is 341 Å². The van der Waals surface area contributed by atoms with Crippen molar-refractivity contribution in [2.45, 2.75) is 0 Å². The number of imidazole rings is 1. The third-order valence-corrected chi connectivity index (χ3v) is 11.5. The van der Waals surface area contributed by atoms with Crippen molar-refractivity contribution >= 4 is 99.1 Å². The van der Waals surface area contributed by atoms with Gasteiger partial charge in [-0.15, -0.1) is 22.7 Å². The summed E-state index contributed by atoms with van der Waals surface area (Å²) >= 11 is 3.51. The van der Waals surface area contributed by atoms with Gasteiger partial charge in [-0.3, -0.25) is 29.9 Å². The summed E-state index contributed by atoms with van der Waals surface area (Å²) in [5.41, 5.74) is 7.66. The van der Waals surface area contributed by atoms with Gasteiger partial charge in [0.05, 0.1) is 49.0 Å². The standard InChI is InChI=1S/C21H12N4S2.2C12H8N2.Os/c1-4-12-17(22-9-1)18-13(5-2-10-23-18)20-19(12)24-21(25-20)16-8-7-15(27-16)14-6-3-11-26-14;2*1-3-9-5-6-10-4-2-8-14-12(10)11(9)13-7-1;/h1-11H,(H,24,25);2*1-8H;. The van der Waals surface area contributed by atoms with Crippen molar-refractivity contribution in [3.8, 4) is 20.5 Å². The van der Waals surface area contributed by atoms with Crippen molar-refractivity contribution in [2.24, 2.45) is 0 Å². The first-order valence-electron chi connectivity index (χ1n) is 17.6. The van der Waals surface area contributed by atoms with Crippen molar-refractivity contribution in [1.29, 1.82) is 0 Å². The molecule has 8 nitrogen and oxygen atoms in total. The maximum absolute atomic E-state index is 4.95. The zero-order valence-electron chi connectivity index (χ0n) is 29.4. The SMILES string of the molecule is [Os].c1cnc2c(c1)ccc1cccnc12.c1cnc2c(c1)ccc1cccnc12.c1csc(-c2ccc(-c3nc4c5cccnc5c5ncccc5c4[nH]3)s2)c1. The average Bonchev–Trinajstić information content (AvgIpc) is 4.07. The van der Waals surface area contributed by atoms with Crippen LogP contribution in [0.5, 0.6) is 0 Å². The summed E-state index contributed by atoms with van der Waals surface area (Å²) in [6, 6.07) is 40.9. The van der Waals surface area contributed by atoms with E-state index in [0.29, 0.717) is 0 Å². The number of H-pyrrole nitrogens is 1. The smallest absolute Gasteiger partial charge is 0.148 e. The van der Waals surface area contributed by atoms with E-state index in [1.807, 2.05) is 48.8 Å². The van der Waals surface area contributed by atoms with Crippen molar-refractivity contribution in [2.75, 3.05) is 0 Å². The summed E-state index contributed by atoms with van der Waals surface area (Å²) in [6.45, 7) is 0. The van der Waals surface area contributed by atoms with Gasteiger partial charge in [-0.1, -0.05) is 54.6 Å². The summed E-state index contributed by atoms with van der Waals surface area (Å²) in [5, 5.41) is 8.73. The molecule has 0 aliphatic heterocycles. The molecule has 12 rings (SSSR count). The van der Waals surface area contributed by atoms with Crippen LogP contribution in [0.25, 0.3) is 96.9 Å². The van der Waals surface area contributed by atoms with Gasteiger partial charge in [0.2, 0.25) is 0 Å². The number of pyridine rings is 6. The normalized spacial score (nSPS) is 11.1. The molecule has 0 saturated carbocycles. The number of benzene rings is 3. The van der Waals surface area contributed by atoms with Crippen LogP contribution in [0.1, 0.15) is 0 Å². The summed E-state index contributed by atoms with van der Waals surface area (Å²) < 4.78 is 0. The van der Waals surface area contributed by atoms with Crippen molar-refractivity contribution in [3.05, 3.63) is 164 Å². The Hall–Kier alpha value is -6.37.